The van der Waals surface area contributed by atoms with Crippen molar-refractivity contribution in [2.45, 2.75) is 26.3 Å². The number of fused-ring (bicyclic) bond motifs is 1. The molecule has 5 heteroatoms. The summed E-state index contributed by atoms with van der Waals surface area (Å²) in [6.07, 6.45) is 1.38. The van der Waals surface area contributed by atoms with Crippen molar-refractivity contribution in [3.63, 3.8) is 0 Å². The number of carbonyl (C=O) groups excluding carboxylic acids is 2. The van der Waals surface area contributed by atoms with Crippen LogP contribution in [0.2, 0.25) is 0 Å². The topological polar surface area (TPSA) is 67.4 Å². The van der Waals surface area contributed by atoms with Crippen LogP contribution in [-0.4, -0.2) is 18.4 Å². The third-order valence-corrected chi connectivity index (χ3v) is 2.65. The zero-order chi connectivity index (χ0) is 13.0. The maximum atomic E-state index is 11.3. The lowest BCUT2D eigenvalue weighted by Crippen LogP contribution is -2.26. The molecule has 0 spiro atoms. The molecule has 1 heterocycles. The average Bonchev–Trinajstić information content (AvgIpc) is 2.36. The summed E-state index contributed by atoms with van der Waals surface area (Å²) in [5.74, 6) is 0.549. The minimum Gasteiger partial charge on any atom is -0.482 e. The van der Waals surface area contributed by atoms with Crippen molar-refractivity contribution >= 4 is 17.5 Å². The normalized spacial score (nSPS) is 13.3. The van der Waals surface area contributed by atoms with Crippen LogP contribution in [0.1, 0.15) is 25.3 Å². The van der Waals surface area contributed by atoms with Gasteiger partial charge in [-0.15, -0.1) is 0 Å². The van der Waals surface area contributed by atoms with E-state index in [4.69, 9.17) is 4.74 Å². The Hall–Kier alpha value is -2.04. The highest BCUT2D eigenvalue weighted by molar-refractivity contribution is 5.95. The van der Waals surface area contributed by atoms with Crippen LogP contribution in [0.5, 0.6) is 5.75 Å². The second-order valence-corrected chi connectivity index (χ2v) is 4.19. The third kappa shape index (κ3) is 3.00. The smallest absolute Gasteiger partial charge is 0.262 e. The van der Waals surface area contributed by atoms with Crippen LogP contribution in [-0.2, 0) is 16.1 Å². The molecule has 0 radical (unpaired) electrons. The van der Waals surface area contributed by atoms with Crippen LogP contribution in [0, 0.1) is 0 Å². The zero-order valence-corrected chi connectivity index (χ0v) is 10.3. The molecule has 96 valence electrons. The molecule has 2 rings (SSSR count). The van der Waals surface area contributed by atoms with Gasteiger partial charge in [0.05, 0.1) is 5.69 Å². The number of hydrogen-bond donors (Lipinski definition) is 2. The van der Waals surface area contributed by atoms with Gasteiger partial charge in [-0.25, -0.2) is 0 Å². The van der Waals surface area contributed by atoms with E-state index in [2.05, 4.69) is 10.6 Å². The zero-order valence-electron chi connectivity index (χ0n) is 10.3. The monoisotopic (exact) mass is 248 g/mol. The molecule has 2 N–H and O–H groups in total. The lowest BCUT2D eigenvalue weighted by molar-refractivity contribution is -0.121. The minimum atomic E-state index is -0.147. The molecule has 0 atom stereocenters. The number of carbonyl (C=O) groups is 2. The van der Waals surface area contributed by atoms with E-state index in [1.54, 1.807) is 6.07 Å². The summed E-state index contributed by atoms with van der Waals surface area (Å²) in [5, 5.41) is 5.55. The van der Waals surface area contributed by atoms with Crippen LogP contribution in [0.15, 0.2) is 18.2 Å². The number of ether oxygens (including phenoxy) is 1. The van der Waals surface area contributed by atoms with Crippen molar-refractivity contribution in [3.05, 3.63) is 23.8 Å². The molecule has 1 aliphatic rings. The maximum absolute atomic E-state index is 11.3. The summed E-state index contributed by atoms with van der Waals surface area (Å²) >= 11 is 0. The number of anilines is 1. The van der Waals surface area contributed by atoms with Gasteiger partial charge >= 0.3 is 0 Å². The molecule has 0 bridgehead atoms. The van der Waals surface area contributed by atoms with E-state index < -0.39 is 0 Å². The lowest BCUT2D eigenvalue weighted by Gasteiger charge is -2.18. The highest BCUT2D eigenvalue weighted by Gasteiger charge is 2.15. The first-order chi connectivity index (χ1) is 8.69. The van der Waals surface area contributed by atoms with Crippen molar-refractivity contribution in [3.8, 4) is 5.75 Å². The van der Waals surface area contributed by atoms with Crippen molar-refractivity contribution in [2.75, 3.05) is 11.9 Å². The fourth-order valence-corrected chi connectivity index (χ4v) is 1.75. The van der Waals surface area contributed by atoms with E-state index >= 15 is 0 Å². The average molecular weight is 248 g/mol. The van der Waals surface area contributed by atoms with Crippen molar-refractivity contribution < 1.29 is 14.3 Å². The summed E-state index contributed by atoms with van der Waals surface area (Å²) in [6, 6.07) is 5.48. The Morgan fingerprint density at radius 3 is 3.11 bits per heavy atom. The Kier molecular flexibility index (Phi) is 3.82. The standard InChI is InChI=1S/C13H16N2O3/c1-2-3-12(16)14-7-9-4-5-10-11(6-9)18-8-13(17)15-10/h4-6H,2-3,7-8H2,1H3,(H,14,16)(H,15,17). The summed E-state index contributed by atoms with van der Waals surface area (Å²) in [4.78, 5) is 22.5. The summed E-state index contributed by atoms with van der Waals surface area (Å²) in [6.45, 7) is 2.48. The van der Waals surface area contributed by atoms with Gasteiger partial charge in [-0.3, -0.25) is 9.59 Å². The van der Waals surface area contributed by atoms with Gasteiger partial charge in [0.15, 0.2) is 6.61 Å². The van der Waals surface area contributed by atoms with Gasteiger partial charge in [-0.05, 0) is 24.1 Å². The molecule has 1 aliphatic heterocycles. The first kappa shape index (κ1) is 12.4. The van der Waals surface area contributed by atoms with Gasteiger partial charge < -0.3 is 15.4 Å². The summed E-state index contributed by atoms with van der Waals surface area (Å²) in [7, 11) is 0. The van der Waals surface area contributed by atoms with Crippen molar-refractivity contribution in [2.24, 2.45) is 0 Å². The molecule has 0 aromatic heterocycles. The molecule has 0 saturated carbocycles. The minimum absolute atomic E-state index is 0.0403. The van der Waals surface area contributed by atoms with E-state index in [0.717, 1.165) is 12.0 Å². The van der Waals surface area contributed by atoms with E-state index in [9.17, 15) is 9.59 Å². The van der Waals surface area contributed by atoms with E-state index in [1.807, 2.05) is 19.1 Å². The van der Waals surface area contributed by atoms with Crippen LogP contribution < -0.4 is 15.4 Å². The van der Waals surface area contributed by atoms with Gasteiger partial charge in [0, 0.05) is 13.0 Å². The van der Waals surface area contributed by atoms with Gasteiger partial charge in [-0.1, -0.05) is 13.0 Å². The second-order valence-electron chi connectivity index (χ2n) is 4.19. The maximum Gasteiger partial charge on any atom is 0.262 e. The number of rotatable bonds is 4. The second kappa shape index (κ2) is 5.53. The fraction of sp³-hybridized carbons (Fsp3) is 0.385. The summed E-state index contributed by atoms with van der Waals surface area (Å²) < 4.78 is 5.31. The Morgan fingerprint density at radius 2 is 2.33 bits per heavy atom. The molecular formula is C13H16N2O3. The van der Waals surface area contributed by atoms with Crippen molar-refractivity contribution in [1.29, 1.82) is 0 Å². The Morgan fingerprint density at radius 1 is 1.50 bits per heavy atom. The fourth-order valence-electron chi connectivity index (χ4n) is 1.75. The van der Waals surface area contributed by atoms with Crippen LogP contribution in [0.3, 0.4) is 0 Å². The predicted octanol–water partition coefficient (Wildman–Crippen LogP) is 1.43. The molecule has 5 nitrogen and oxygen atoms in total. The van der Waals surface area contributed by atoms with Crippen LogP contribution in [0.25, 0.3) is 0 Å². The largest absolute Gasteiger partial charge is 0.482 e. The predicted molar refractivity (Wildman–Crippen MR) is 67.3 cm³/mol. The molecule has 2 amide bonds. The van der Waals surface area contributed by atoms with E-state index in [1.165, 1.54) is 0 Å². The lowest BCUT2D eigenvalue weighted by atomic mass is 10.1. The highest BCUT2D eigenvalue weighted by Crippen LogP contribution is 2.28. The van der Waals surface area contributed by atoms with Gasteiger partial charge in [0.1, 0.15) is 5.75 Å². The summed E-state index contributed by atoms with van der Waals surface area (Å²) in [5.41, 5.74) is 1.63. The Balaban J connectivity index is 1.99. The molecule has 0 fully saturated rings. The van der Waals surface area contributed by atoms with Crippen molar-refractivity contribution in [1.82, 2.24) is 5.32 Å². The number of amides is 2. The molecule has 18 heavy (non-hydrogen) atoms. The van der Waals surface area contributed by atoms with Gasteiger partial charge in [0.2, 0.25) is 5.91 Å². The third-order valence-electron chi connectivity index (χ3n) is 2.65. The van der Waals surface area contributed by atoms with Crippen LogP contribution in [0.4, 0.5) is 5.69 Å². The van der Waals surface area contributed by atoms with Gasteiger partial charge in [0.25, 0.3) is 5.91 Å². The molecule has 1 aromatic carbocycles. The van der Waals surface area contributed by atoms with Crippen LogP contribution >= 0.6 is 0 Å². The quantitative estimate of drug-likeness (QED) is 0.847. The number of nitrogens with one attached hydrogen (secondary N) is 2. The molecule has 0 unspecified atom stereocenters. The Bertz CT molecular complexity index is 471. The molecule has 0 aliphatic carbocycles. The molecular weight excluding hydrogens is 232 g/mol. The first-order valence-electron chi connectivity index (χ1n) is 6.01. The SMILES string of the molecule is CCCC(=O)NCc1ccc2c(c1)OCC(=O)N2. The van der Waals surface area contributed by atoms with Gasteiger partial charge in [-0.2, -0.15) is 0 Å². The molecule has 1 aromatic rings. The van der Waals surface area contributed by atoms with E-state index in [0.29, 0.717) is 24.4 Å². The number of benzene rings is 1. The first-order valence-corrected chi connectivity index (χ1v) is 6.01. The number of hydrogen-bond acceptors (Lipinski definition) is 3. The highest BCUT2D eigenvalue weighted by atomic mass is 16.5. The van der Waals surface area contributed by atoms with E-state index in [-0.39, 0.29) is 18.4 Å². The molecule has 0 saturated heterocycles. The Labute approximate surface area is 106 Å².